The SMILES string of the molecule is COc1ccc(CN2CCC[C@@H](c3cc(C(F)F)c4c(C)noc4n3)C2)c(OC)c1. The Morgan fingerprint density at radius 2 is 2.07 bits per heavy atom. The number of hydrogen-bond donors (Lipinski definition) is 0. The first kappa shape index (κ1) is 20.5. The Bertz CT molecular complexity index is 1040. The number of methoxy groups -OCH3 is 2. The zero-order valence-electron chi connectivity index (χ0n) is 17.3. The summed E-state index contributed by atoms with van der Waals surface area (Å²) in [5, 5.41) is 4.15. The molecular formula is C22H25F2N3O3. The van der Waals surface area contributed by atoms with Gasteiger partial charge in [0.25, 0.3) is 12.1 Å². The predicted molar refractivity (Wildman–Crippen MR) is 108 cm³/mol. The van der Waals surface area contributed by atoms with Crippen LogP contribution in [0.1, 0.15) is 47.7 Å². The fourth-order valence-corrected chi connectivity index (χ4v) is 4.19. The predicted octanol–water partition coefficient (Wildman–Crippen LogP) is 4.87. The number of pyridine rings is 1. The number of aryl methyl sites for hydroxylation is 1. The Labute approximate surface area is 173 Å². The van der Waals surface area contributed by atoms with Gasteiger partial charge in [-0.1, -0.05) is 11.2 Å². The van der Waals surface area contributed by atoms with E-state index in [2.05, 4.69) is 15.0 Å². The average molecular weight is 417 g/mol. The van der Waals surface area contributed by atoms with Crippen molar-refractivity contribution < 1.29 is 22.8 Å². The maximum absolute atomic E-state index is 13.7. The maximum Gasteiger partial charge on any atom is 0.264 e. The Morgan fingerprint density at radius 3 is 2.80 bits per heavy atom. The van der Waals surface area contributed by atoms with Gasteiger partial charge in [0.1, 0.15) is 11.5 Å². The van der Waals surface area contributed by atoms with E-state index >= 15 is 0 Å². The van der Waals surface area contributed by atoms with E-state index in [0.29, 0.717) is 23.3 Å². The molecule has 160 valence electrons. The standard InChI is InChI=1S/C22H25F2N3O3/c1-13-20-17(21(23)24)10-18(25-22(20)30-26-13)14-5-4-8-27(11-14)12-15-6-7-16(28-2)9-19(15)29-3/h6-7,9-10,14,21H,4-5,8,11-12H2,1-3H3/t14-/m1/s1. The van der Waals surface area contributed by atoms with Crippen LogP contribution >= 0.6 is 0 Å². The van der Waals surface area contributed by atoms with Crippen LogP contribution in [0.4, 0.5) is 8.78 Å². The minimum atomic E-state index is -2.60. The number of rotatable bonds is 6. The summed E-state index contributed by atoms with van der Waals surface area (Å²) in [7, 11) is 3.26. The number of aromatic nitrogens is 2. The van der Waals surface area contributed by atoms with Crippen molar-refractivity contribution >= 4 is 11.1 Å². The van der Waals surface area contributed by atoms with Gasteiger partial charge in [-0.15, -0.1) is 0 Å². The van der Waals surface area contributed by atoms with Crippen LogP contribution in [0.25, 0.3) is 11.1 Å². The first-order valence-electron chi connectivity index (χ1n) is 9.98. The van der Waals surface area contributed by atoms with Gasteiger partial charge >= 0.3 is 0 Å². The molecule has 0 aliphatic carbocycles. The molecule has 0 N–H and O–H groups in total. The molecule has 1 aromatic carbocycles. The zero-order valence-corrected chi connectivity index (χ0v) is 17.3. The topological polar surface area (TPSA) is 60.6 Å². The van der Waals surface area contributed by atoms with Crippen LogP contribution in [0.5, 0.6) is 11.5 Å². The lowest BCUT2D eigenvalue weighted by atomic mass is 9.92. The molecule has 0 unspecified atom stereocenters. The van der Waals surface area contributed by atoms with Crippen LogP contribution < -0.4 is 9.47 Å². The molecule has 3 heterocycles. The van der Waals surface area contributed by atoms with Gasteiger partial charge in [-0.2, -0.15) is 0 Å². The van der Waals surface area contributed by atoms with Gasteiger partial charge in [-0.05, 0) is 38.4 Å². The second-order valence-electron chi connectivity index (χ2n) is 7.64. The number of halogens is 2. The molecule has 0 saturated carbocycles. The van der Waals surface area contributed by atoms with Crippen molar-refractivity contribution in [3.63, 3.8) is 0 Å². The summed E-state index contributed by atoms with van der Waals surface area (Å²) in [4.78, 5) is 6.83. The maximum atomic E-state index is 13.7. The second-order valence-corrected chi connectivity index (χ2v) is 7.64. The van der Waals surface area contributed by atoms with Gasteiger partial charge in [-0.3, -0.25) is 4.90 Å². The molecule has 0 bridgehead atoms. The van der Waals surface area contributed by atoms with Crippen LogP contribution in [0.3, 0.4) is 0 Å². The van der Waals surface area contributed by atoms with E-state index in [1.165, 1.54) is 6.07 Å². The summed E-state index contributed by atoms with van der Waals surface area (Å²) in [6, 6.07) is 7.31. The van der Waals surface area contributed by atoms with Gasteiger partial charge in [0.2, 0.25) is 0 Å². The monoisotopic (exact) mass is 417 g/mol. The van der Waals surface area contributed by atoms with Crippen molar-refractivity contribution in [1.29, 1.82) is 0 Å². The fourth-order valence-electron chi connectivity index (χ4n) is 4.19. The molecule has 0 radical (unpaired) electrons. The molecule has 8 heteroatoms. The molecule has 1 atom stereocenters. The van der Waals surface area contributed by atoms with Crippen LogP contribution in [0.15, 0.2) is 28.8 Å². The molecule has 1 saturated heterocycles. The molecule has 3 aromatic rings. The summed E-state index contributed by atoms with van der Waals surface area (Å²) in [6.07, 6.45) is -0.747. The number of piperidine rings is 1. The van der Waals surface area contributed by atoms with Gasteiger partial charge < -0.3 is 14.0 Å². The van der Waals surface area contributed by atoms with Gasteiger partial charge in [0, 0.05) is 41.9 Å². The minimum absolute atomic E-state index is 0.0512. The molecule has 4 rings (SSSR count). The molecule has 1 aliphatic heterocycles. The Kier molecular flexibility index (Phi) is 5.85. The van der Waals surface area contributed by atoms with Crippen molar-refractivity contribution in [2.24, 2.45) is 0 Å². The number of alkyl halides is 2. The third-order valence-electron chi connectivity index (χ3n) is 5.71. The van der Waals surface area contributed by atoms with Crippen molar-refractivity contribution in [2.75, 3.05) is 27.3 Å². The first-order chi connectivity index (χ1) is 14.5. The highest BCUT2D eigenvalue weighted by atomic mass is 19.3. The van der Waals surface area contributed by atoms with Crippen LogP contribution in [-0.4, -0.2) is 42.3 Å². The second kappa shape index (κ2) is 8.55. The summed E-state index contributed by atoms with van der Waals surface area (Å²) < 4.78 is 43.3. The van der Waals surface area contributed by atoms with Crippen LogP contribution in [-0.2, 0) is 6.54 Å². The smallest absolute Gasteiger partial charge is 0.264 e. The van der Waals surface area contributed by atoms with Gasteiger partial charge in [0.15, 0.2) is 0 Å². The van der Waals surface area contributed by atoms with Gasteiger partial charge in [-0.25, -0.2) is 13.8 Å². The summed E-state index contributed by atoms with van der Waals surface area (Å²) in [6.45, 7) is 4.01. The number of ether oxygens (including phenoxy) is 2. The zero-order chi connectivity index (χ0) is 21.3. The highest BCUT2D eigenvalue weighted by Gasteiger charge is 2.27. The van der Waals surface area contributed by atoms with E-state index in [1.807, 2.05) is 18.2 Å². The largest absolute Gasteiger partial charge is 0.497 e. The van der Waals surface area contributed by atoms with Crippen molar-refractivity contribution in [3.05, 3.63) is 46.8 Å². The normalized spacial score (nSPS) is 17.6. The summed E-state index contributed by atoms with van der Waals surface area (Å²) in [5.41, 5.74) is 2.27. The van der Waals surface area contributed by atoms with Crippen molar-refractivity contribution in [3.8, 4) is 11.5 Å². The molecule has 2 aromatic heterocycles. The molecule has 0 spiro atoms. The molecule has 0 amide bonds. The quantitative estimate of drug-likeness (QED) is 0.571. The summed E-state index contributed by atoms with van der Waals surface area (Å²) >= 11 is 0. The third kappa shape index (κ3) is 3.96. The van der Waals surface area contributed by atoms with Crippen molar-refractivity contribution in [1.82, 2.24) is 15.0 Å². The number of likely N-dealkylation sites (tertiary alicyclic amines) is 1. The minimum Gasteiger partial charge on any atom is -0.497 e. The van der Waals surface area contributed by atoms with E-state index in [1.54, 1.807) is 21.1 Å². The van der Waals surface area contributed by atoms with E-state index in [4.69, 9.17) is 14.0 Å². The van der Waals surface area contributed by atoms with E-state index in [-0.39, 0.29) is 17.2 Å². The lowest BCUT2D eigenvalue weighted by Crippen LogP contribution is -2.34. The summed E-state index contributed by atoms with van der Waals surface area (Å²) in [5.74, 6) is 1.56. The molecule has 30 heavy (non-hydrogen) atoms. The molecule has 6 nitrogen and oxygen atoms in total. The number of nitrogens with zero attached hydrogens (tertiary/aromatic N) is 3. The van der Waals surface area contributed by atoms with Crippen LogP contribution in [0, 0.1) is 6.92 Å². The van der Waals surface area contributed by atoms with E-state index in [9.17, 15) is 8.78 Å². The number of benzene rings is 1. The number of fused-ring (bicyclic) bond motifs is 1. The fraction of sp³-hybridized carbons (Fsp3) is 0.455. The van der Waals surface area contributed by atoms with Gasteiger partial charge in [0.05, 0.1) is 25.3 Å². The Hall–Kier alpha value is -2.74. The molecular weight excluding hydrogens is 392 g/mol. The Balaban J connectivity index is 1.57. The average Bonchev–Trinajstić information content (AvgIpc) is 3.14. The number of hydrogen-bond acceptors (Lipinski definition) is 6. The highest BCUT2D eigenvalue weighted by Crippen LogP contribution is 2.35. The van der Waals surface area contributed by atoms with E-state index < -0.39 is 6.43 Å². The lowest BCUT2D eigenvalue weighted by Gasteiger charge is -2.33. The van der Waals surface area contributed by atoms with Crippen LogP contribution in [0.2, 0.25) is 0 Å². The molecule has 1 fully saturated rings. The molecule has 1 aliphatic rings. The van der Waals surface area contributed by atoms with Crippen molar-refractivity contribution in [2.45, 2.75) is 38.7 Å². The Morgan fingerprint density at radius 1 is 1.23 bits per heavy atom. The first-order valence-corrected chi connectivity index (χ1v) is 9.98. The third-order valence-corrected chi connectivity index (χ3v) is 5.71. The van der Waals surface area contributed by atoms with E-state index in [0.717, 1.165) is 43.0 Å². The lowest BCUT2D eigenvalue weighted by molar-refractivity contribution is 0.152. The highest BCUT2D eigenvalue weighted by molar-refractivity contribution is 5.80.